The molecular weight excluding hydrogens is 344 g/mol. The molecule has 7 nitrogen and oxygen atoms in total. The van der Waals surface area contributed by atoms with Gasteiger partial charge in [-0.25, -0.2) is 0 Å². The number of hydrogen-bond acceptors (Lipinski definition) is 5. The van der Waals surface area contributed by atoms with Gasteiger partial charge in [0.2, 0.25) is 0 Å². The van der Waals surface area contributed by atoms with Gasteiger partial charge in [0.15, 0.2) is 17.5 Å². The molecule has 27 heavy (non-hydrogen) atoms. The van der Waals surface area contributed by atoms with Crippen molar-refractivity contribution in [1.29, 1.82) is 0 Å². The van der Waals surface area contributed by atoms with E-state index < -0.39 is 0 Å². The van der Waals surface area contributed by atoms with Gasteiger partial charge in [0, 0.05) is 11.8 Å². The maximum Gasteiger partial charge on any atom is 0.193 e. The lowest BCUT2D eigenvalue weighted by molar-refractivity contribution is 0.150. The van der Waals surface area contributed by atoms with E-state index >= 15 is 0 Å². The van der Waals surface area contributed by atoms with Crippen LogP contribution in [0.4, 0.5) is 5.69 Å². The Labute approximate surface area is 160 Å². The van der Waals surface area contributed by atoms with Gasteiger partial charge in [0.25, 0.3) is 0 Å². The van der Waals surface area contributed by atoms with Gasteiger partial charge in [-0.2, -0.15) is 0 Å². The van der Waals surface area contributed by atoms with E-state index in [-0.39, 0.29) is 6.04 Å². The minimum atomic E-state index is 0.103. The molecule has 0 spiro atoms. The molecule has 1 aliphatic heterocycles. The molecule has 1 atom stereocenters. The van der Waals surface area contributed by atoms with Crippen LogP contribution in [0, 0.1) is 0 Å². The fourth-order valence-electron chi connectivity index (χ4n) is 3.38. The second-order valence-electron chi connectivity index (χ2n) is 6.55. The molecule has 1 aromatic carbocycles. The number of nitrogens with one attached hydrogen (secondary N) is 1. The summed E-state index contributed by atoms with van der Waals surface area (Å²) in [6, 6.07) is 9.56. The van der Waals surface area contributed by atoms with Crippen molar-refractivity contribution in [3.05, 3.63) is 42.4 Å². The van der Waals surface area contributed by atoms with Gasteiger partial charge < -0.3 is 24.9 Å². The number of anilines is 1. The molecule has 0 saturated carbocycles. The second-order valence-corrected chi connectivity index (χ2v) is 6.55. The second kappa shape index (κ2) is 9.32. The average Bonchev–Trinajstić information content (AvgIpc) is 3.23. The minimum Gasteiger partial charge on any atom is -0.493 e. The number of piperidine rings is 1. The zero-order valence-electron chi connectivity index (χ0n) is 16.0. The van der Waals surface area contributed by atoms with Gasteiger partial charge >= 0.3 is 0 Å². The fourth-order valence-corrected chi connectivity index (χ4v) is 3.38. The summed E-state index contributed by atoms with van der Waals surface area (Å²) in [4.78, 5) is 6.98. The molecule has 0 amide bonds. The number of aliphatic imine (C=N–C) groups is 1. The van der Waals surface area contributed by atoms with E-state index in [4.69, 9.17) is 19.6 Å². The van der Waals surface area contributed by atoms with Crippen LogP contribution in [-0.4, -0.2) is 44.7 Å². The number of likely N-dealkylation sites (tertiary alicyclic amines) is 1. The van der Waals surface area contributed by atoms with E-state index in [0.717, 1.165) is 24.5 Å². The van der Waals surface area contributed by atoms with E-state index in [1.807, 2.05) is 30.3 Å². The molecular formula is C20H28N4O3. The number of nitrogens with two attached hydrogens (primary N) is 1. The quantitative estimate of drug-likeness (QED) is 0.573. The molecule has 0 bridgehead atoms. The van der Waals surface area contributed by atoms with E-state index in [9.17, 15) is 0 Å². The predicted molar refractivity (Wildman–Crippen MR) is 107 cm³/mol. The molecule has 146 valence electrons. The monoisotopic (exact) mass is 372 g/mol. The molecule has 1 fully saturated rings. The summed E-state index contributed by atoms with van der Waals surface area (Å²) in [7, 11) is 3.21. The van der Waals surface area contributed by atoms with Crippen molar-refractivity contribution >= 4 is 11.6 Å². The molecule has 3 N–H and O–H groups in total. The van der Waals surface area contributed by atoms with Crippen LogP contribution in [0.5, 0.6) is 11.5 Å². The van der Waals surface area contributed by atoms with Crippen LogP contribution in [0.3, 0.4) is 0 Å². The standard InChI is InChI=1S/C20H28N4O3/c1-25-18-9-8-15(13-19(18)26-2)23-20(21)22-14-16(17-7-6-12-27-17)24-10-4-3-5-11-24/h6-9,12-13,16H,3-5,10-11,14H2,1-2H3,(H3,21,22,23). The third kappa shape index (κ3) is 4.95. The zero-order valence-corrected chi connectivity index (χ0v) is 16.0. The van der Waals surface area contributed by atoms with Crippen LogP contribution >= 0.6 is 0 Å². The first kappa shape index (κ1) is 19.1. The van der Waals surface area contributed by atoms with E-state index in [1.54, 1.807) is 20.5 Å². The fraction of sp³-hybridized carbons (Fsp3) is 0.450. The van der Waals surface area contributed by atoms with Crippen LogP contribution in [-0.2, 0) is 0 Å². The summed E-state index contributed by atoms with van der Waals surface area (Å²) >= 11 is 0. The number of ether oxygens (including phenoxy) is 2. The lowest BCUT2D eigenvalue weighted by atomic mass is 10.1. The lowest BCUT2D eigenvalue weighted by Crippen LogP contribution is -2.36. The molecule has 1 aromatic heterocycles. The van der Waals surface area contributed by atoms with Crippen molar-refractivity contribution in [1.82, 2.24) is 4.90 Å². The number of guanidine groups is 1. The van der Waals surface area contributed by atoms with Crippen molar-refractivity contribution in [2.45, 2.75) is 25.3 Å². The van der Waals surface area contributed by atoms with Crippen LogP contribution in [0.15, 0.2) is 46.0 Å². The number of hydrogen-bond donors (Lipinski definition) is 2. The number of methoxy groups -OCH3 is 2. The Morgan fingerprint density at radius 2 is 1.96 bits per heavy atom. The van der Waals surface area contributed by atoms with Gasteiger partial charge in [0.05, 0.1) is 33.1 Å². The van der Waals surface area contributed by atoms with Crippen molar-refractivity contribution in [3.63, 3.8) is 0 Å². The summed E-state index contributed by atoms with van der Waals surface area (Å²) < 4.78 is 16.2. The molecule has 2 aromatic rings. The predicted octanol–water partition coefficient (Wildman–Crippen LogP) is 3.25. The Bertz CT molecular complexity index is 740. The number of benzene rings is 1. The van der Waals surface area contributed by atoms with Gasteiger partial charge in [-0.1, -0.05) is 6.42 Å². The first-order valence-corrected chi connectivity index (χ1v) is 9.27. The van der Waals surface area contributed by atoms with Crippen molar-refractivity contribution in [2.24, 2.45) is 10.7 Å². The molecule has 1 unspecified atom stereocenters. The highest BCUT2D eigenvalue weighted by Gasteiger charge is 2.24. The molecule has 1 aliphatic rings. The van der Waals surface area contributed by atoms with Gasteiger partial charge in [-0.05, 0) is 50.2 Å². The first-order chi connectivity index (χ1) is 13.2. The van der Waals surface area contributed by atoms with Gasteiger partial charge in [0.1, 0.15) is 5.76 Å². The van der Waals surface area contributed by atoms with E-state index in [2.05, 4.69) is 15.2 Å². The highest BCUT2D eigenvalue weighted by atomic mass is 16.5. The molecule has 0 radical (unpaired) electrons. The molecule has 1 saturated heterocycles. The lowest BCUT2D eigenvalue weighted by Gasteiger charge is -2.32. The molecule has 2 heterocycles. The third-order valence-electron chi connectivity index (χ3n) is 4.79. The summed E-state index contributed by atoms with van der Waals surface area (Å²) in [5.41, 5.74) is 6.91. The van der Waals surface area contributed by atoms with Crippen LogP contribution in [0.2, 0.25) is 0 Å². The normalized spacial score (nSPS) is 16.7. The molecule has 7 heteroatoms. The third-order valence-corrected chi connectivity index (χ3v) is 4.79. The topological polar surface area (TPSA) is 85.2 Å². The highest BCUT2D eigenvalue weighted by molar-refractivity contribution is 5.92. The Morgan fingerprint density at radius 1 is 1.19 bits per heavy atom. The van der Waals surface area contributed by atoms with Gasteiger partial charge in [-0.3, -0.25) is 9.89 Å². The summed E-state index contributed by atoms with van der Waals surface area (Å²) in [6.45, 7) is 2.66. The van der Waals surface area contributed by atoms with E-state index in [0.29, 0.717) is 24.0 Å². The molecule has 3 rings (SSSR count). The number of rotatable bonds is 7. The smallest absolute Gasteiger partial charge is 0.193 e. The Hall–Kier alpha value is -2.67. The Morgan fingerprint density at radius 3 is 2.63 bits per heavy atom. The summed E-state index contributed by atoms with van der Waals surface area (Å²) in [5, 5.41) is 3.11. The largest absolute Gasteiger partial charge is 0.493 e. The van der Waals surface area contributed by atoms with Crippen molar-refractivity contribution in [3.8, 4) is 11.5 Å². The summed E-state index contributed by atoms with van der Waals surface area (Å²) in [5.74, 6) is 2.59. The SMILES string of the molecule is COc1ccc(NC(N)=NCC(c2ccco2)N2CCCCC2)cc1OC. The highest BCUT2D eigenvalue weighted by Crippen LogP contribution is 2.30. The maximum absolute atomic E-state index is 6.12. The first-order valence-electron chi connectivity index (χ1n) is 9.27. The number of furan rings is 1. The van der Waals surface area contributed by atoms with E-state index in [1.165, 1.54) is 19.3 Å². The van der Waals surface area contributed by atoms with Crippen molar-refractivity contribution in [2.75, 3.05) is 39.2 Å². The minimum absolute atomic E-state index is 0.103. The Kier molecular flexibility index (Phi) is 6.59. The van der Waals surface area contributed by atoms with Crippen LogP contribution in [0.1, 0.15) is 31.1 Å². The number of nitrogens with zero attached hydrogens (tertiary/aromatic N) is 2. The van der Waals surface area contributed by atoms with Crippen LogP contribution in [0.25, 0.3) is 0 Å². The summed E-state index contributed by atoms with van der Waals surface area (Å²) in [6.07, 6.45) is 5.41. The Balaban J connectivity index is 1.68. The average molecular weight is 372 g/mol. The zero-order chi connectivity index (χ0) is 19.1. The van der Waals surface area contributed by atoms with Crippen LogP contribution < -0.4 is 20.5 Å². The van der Waals surface area contributed by atoms with Crippen molar-refractivity contribution < 1.29 is 13.9 Å². The molecule has 0 aliphatic carbocycles. The van der Waals surface area contributed by atoms with Gasteiger partial charge in [-0.15, -0.1) is 0 Å². The maximum atomic E-state index is 6.12.